The summed E-state index contributed by atoms with van der Waals surface area (Å²) in [6, 6.07) is 2.35. The predicted molar refractivity (Wildman–Crippen MR) is 83.3 cm³/mol. The number of nitrogens with zero attached hydrogens (tertiary/aromatic N) is 1. The van der Waals surface area contributed by atoms with E-state index in [2.05, 4.69) is 20.8 Å². The number of aryl methyl sites for hydroxylation is 2. The van der Waals surface area contributed by atoms with Gasteiger partial charge in [0.05, 0.1) is 4.88 Å². The molecule has 19 heavy (non-hydrogen) atoms. The molecule has 0 aromatic carbocycles. The molecule has 0 aliphatic carbocycles. The van der Waals surface area contributed by atoms with Crippen molar-refractivity contribution in [2.75, 3.05) is 13.1 Å². The SMILES string of the molecule is CCc1sc(C(=O)N2CC(CN)CC2C)cc1C.Cl. The maximum absolute atomic E-state index is 12.5. The number of likely N-dealkylation sites (tertiary alicyclic amines) is 1. The second kappa shape index (κ2) is 6.73. The Morgan fingerprint density at radius 1 is 1.58 bits per heavy atom. The smallest absolute Gasteiger partial charge is 0.264 e. The Hall–Kier alpha value is -0.580. The minimum Gasteiger partial charge on any atom is -0.335 e. The van der Waals surface area contributed by atoms with Gasteiger partial charge in [0.15, 0.2) is 0 Å². The minimum atomic E-state index is 0. The van der Waals surface area contributed by atoms with Gasteiger partial charge in [-0.3, -0.25) is 4.79 Å². The van der Waals surface area contributed by atoms with Crippen LogP contribution in [0.1, 0.15) is 40.4 Å². The Morgan fingerprint density at radius 3 is 2.74 bits per heavy atom. The highest BCUT2D eigenvalue weighted by Gasteiger charge is 2.32. The van der Waals surface area contributed by atoms with Gasteiger partial charge < -0.3 is 10.6 Å². The van der Waals surface area contributed by atoms with E-state index in [-0.39, 0.29) is 18.3 Å². The molecule has 0 saturated carbocycles. The molecular weight excluding hydrogens is 280 g/mol. The summed E-state index contributed by atoms with van der Waals surface area (Å²) in [5, 5.41) is 0. The largest absolute Gasteiger partial charge is 0.335 e. The van der Waals surface area contributed by atoms with Crippen molar-refractivity contribution >= 4 is 29.7 Å². The summed E-state index contributed by atoms with van der Waals surface area (Å²) in [5.74, 6) is 0.655. The molecule has 1 aliphatic rings. The lowest BCUT2D eigenvalue weighted by atomic mass is 10.1. The average molecular weight is 303 g/mol. The molecule has 1 aliphatic heterocycles. The van der Waals surface area contributed by atoms with Gasteiger partial charge in [0.2, 0.25) is 0 Å². The first-order valence-corrected chi connectivity index (χ1v) is 7.48. The number of hydrogen-bond donors (Lipinski definition) is 1. The highest BCUT2D eigenvalue weighted by molar-refractivity contribution is 7.14. The van der Waals surface area contributed by atoms with Crippen molar-refractivity contribution in [2.24, 2.45) is 11.7 Å². The molecule has 1 fully saturated rings. The molecule has 1 amide bonds. The fourth-order valence-electron chi connectivity index (χ4n) is 2.71. The van der Waals surface area contributed by atoms with E-state index in [0.717, 1.165) is 24.3 Å². The van der Waals surface area contributed by atoms with Gasteiger partial charge in [0.25, 0.3) is 5.91 Å². The summed E-state index contributed by atoms with van der Waals surface area (Å²) in [6.45, 7) is 7.83. The molecule has 3 nitrogen and oxygen atoms in total. The van der Waals surface area contributed by atoms with Crippen LogP contribution in [-0.2, 0) is 6.42 Å². The van der Waals surface area contributed by atoms with Crippen LogP contribution in [0.4, 0.5) is 0 Å². The molecule has 2 unspecified atom stereocenters. The standard InChI is InChI=1S/C14H22N2OS.ClH/c1-4-12-9(2)5-13(18-12)14(17)16-8-11(7-15)6-10(16)3;/h5,10-11H,4,6-8,15H2,1-3H3;1H. The molecule has 1 aromatic heterocycles. The molecular formula is C14H23ClN2OS. The van der Waals surface area contributed by atoms with E-state index in [1.54, 1.807) is 11.3 Å². The van der Waals surface area contributed by atoms with Gasteiger partial charge in [-0.05, 0) is 50.8 Å². The van der Waals surface area contributed by atoms with E-state index in [1.807, 2.05) is 11.0 Å². The highest BCUT2D eigenvalue weighted by atomic mass is 35.5. The van der Waals surface area contributed by atoms with Crippen LogP contribution >= 0.6 is 23.7 Å². The Labute approximate surface area is 125 Å². The number of rotatable bonds is 3. The van der Waals surface area contributed by atoms with Crippen molar-refractivity contribution in [3.8, 4) is 0 Å². The lowest BCUT2D eigenvalue weighted by molar-refractivity contribution is 0.0748. The van der Waals surface area contributed by atoms with Crippen LogP contribution in [0.2, 0.25) is 0 Å². The number of hydrogen-bond acceptors (Lipinski definition) is 3. The quantitative estimate of drug-likeness (QED) is 0.933. The Bertz CT molecular complexity index is 447. The Balaban J connectivity index is 0.00000180. The molecule has 2 atom stereocenters. The summed E-state index contributed by atoms with van der Waals surface area (Å²) in [6.07, 6.45) is 2.04. The van der Waals surface area contributed by atoms with Gasteiger partial charge in [-0.25, -0.2) is 0 Å². The Morgan fingerprint density at radius 2 is 2.26 bits per heavy atom. The van der Waals surface area contributed by atoms with Crippen LogP contribution in [0.25, 0.3) is 0 Å². The van der Waals surface area contributed by atoms with Crippen molar-refractivity contribution in [1.82, 2.24) is 4.90 Å². The maximum Gasteiger partial charge on any atom is 0.264 e. The lowest BCUT2D eigenvalue weighted by Gasteiger charge is -2.20. The van der Waals surface area contributed by atoms with E-state index in [1.165, 1.54) is 10.4 Å². The number of nitrogens with two attached hydrogens (primary N) is 1. The summed E-state index contributed by atoms with van der Waals surface area (Å²) in [4.78, 5) is 16.7. The number of halogens is 1. The van der Waals surface area contributed by atoms with Crippen molar-refractivity contribution in [1.29, 1.82) is 0 Å². The van der Waals surface area contributed by atoms with Crippen LogP contribution in [0, 0.1) is 12.8 Å². The Kier molecular flexibility index (Phi) is 5.83. The highest BCUT2D eigenvalue weighted by Crippen LogP contribution is 2.28. The first-order chi connectivity index (χ1) is 8.56. The van der Waals surface area contributed by atoms with Crippen molar-refractivity contribution < 1.29 is 4.79 Å². The van der Waals surface area contributed by atoms with Crippen molar-refractivity contribution in [3.63, 3.8) is 0 Å². The van der Waals surface area contributed by atoms with Crippen LogP contribution < -0.4 is 5.73 Å². The van der Waals surface area contributed by atoms with E-state index in [4.69, 9.17) is 5.73 Å². The average Bonchev–Trinajstić information content (AvgIpc) is 2.91. The summed E-state index contributed by atoms with van der Waals surface area (Å²) >= 11 is 1.64. The van der Waals surface area contributed by atoms with E-state index in [9.17, 15) is 4.79 Å². The number of carbonyl (C=O) groups excluding carboxylic acids is 1. The maximum atomic E-state index is 12.5. The normalized spacial score (nSPS) is 22.4. The topological polar surface area (TPSA) is 46.3 Å². The summed E-state index contributed by atoms with van der Waals surface area (Å²) < 4.78 is 0. The van der Waals surface area contributed by atoms with Gasteiger partial charge >= 0.3 is 0 Å². The first kappa shape index (κ1) is 16.5. The third kappa shape index (κ3) is 3.30. The molecule has 5 heteroatoms. The van der Waals surface area contributed by atoms with Crippen molar-refractivity contribution in [2.45, 2.75) is 39.7 Å². The summed E-state index contributed by atoms with van der Waals surface area (Å²) in [5.41, 5.74) is 6.96. The summed E-state index contributed by atoms with van der Waals surface area (Å²) in [7, 11) is 0. The molecule has 2 heterocycles. The molecule has 108 valence electrons. The molecule has 1 saturated heterocycles. The van der Waals surface area contributed by atoms with Crippen molar-refractivity contribution in [3.05, 3.63) is 21.4 Å². The zero-order valence-electron chi connectivity index (χ0n) is 11.8. The monoisotopic (exact) mass is 302 g/mol. The fourth-order valence-corrected chi connectivity index (χ4v) is 3.78. The zero-order valence-corrected chi connectivity index (χ0v) is 13.4. The third-order valence-corrected chi connectivity index (χ3v) is 5.18. The minimum absolute atomic E-state index is 0. The number of amides is 1. The van der Waals surface area contributed by atoms with Crippen LogP contribution in [0.15, 0.2) is 6.07 Å². The van der Waals surface area contributed by atoms with Gasteiger partial charge in [-0.2, -0.15) is 0 Å². The molecule has 0 radical (unpaired) electrons. The second-order valence-electron chi connectivity index (χ2n) is 5.21. The zero-order chi connectivity index (χ0) is 13.3. The first-order valence-electron chi connectivity index (χ1n) is 6.67. The predicted octanol–water partition coefficient (Wildman–Crippen LogP) is 2.85. The van der Waals surface area contributed by atoms with Crippen LogP contribution in [-0.4, -0.2) is 29.9 Å². The van der Waals surface area contributed by atoms with E-state index >= 15 is 0 Å². The number of carbonyl (C=O) groups is 1. The third-order valence-electron chi connectivity index (χ3n) is 3.81. The van der Waals surface area contributed by atoms with Gasteiger partial charge in [0.1, 0.15) is 0 Å². The van der Waals surface area contributed by atoms with Gasteiger partial charge in [-0.15, -0.1) is 23.7 Å². The molecule has 2 rings (SSSR count). The lowest BCUT2D eigenvalue weighted by Crippen LogP contribution is -2.33. The van der Waals surface area contributed by atoms with E-state index < -0.39 is 0 Å². The molecule has 0 bridgehead atoms. The van der Waals surface area contributed by atoms with E-state index in [0.29, 0.717) is 18.5 Å². The fraction of sp³-hybridized carbons (Fsp3) is 0.643. The van der Waals surface area contributed by atoms with Crippen LogP contribution in [0.5, 0.6) is 0 Å². The number of thiophene rings is 1. The molecule has 2 N–H and O–H groups in total. The molecule has 1 aromatic rings. The molecule has 0 spiro atoms. The second-order valence-corrected chi connectivity index (χ2v) is 6.35. The van der Waals surface area contributed by atoms with Crippen LogP contribution in [0.3, 0.4) is 0 Å². The van der Waals surface area contributed by atoms with Gasteiger partial charge in [0, 0.05) is 17.5 Å². The van der Waals surface area contributed by atoms with Gasteiger partial charge in [-0.1, -0.05) is 6.92 Å².